The maximum atomic E-state index is 5.67. The van der Waals surface area contributed by atoms with Gasteiger partial charge < -0.3 is 10.1 Å². The number of hydrogen-bond acceptors (Lipinski definition) is 6. The second-order valence-corrected chi connectivity index (χ2v) is 9.15. The van der Waals surface area contributed by atoms with Crippen LogP contribution >= 0.6 is 11.3 Å². The topological polar surface area (TPSA) is 50.3 Å². The standard InChI is InChI=1S/C21H32N4OS/c1-15(2)26-13-7-10-22-20-19-16-8-6-9-17(16)27-21(19)24-18(23-20)14-25-11-4-3-5-12-25/h15H,3-14H2,1-2H3,(H,22,23,24). The number of hydrogen-bond donors (Lipinski definition) is 1. The molecule has 0 saturated carbocycles. The molecule has 3 heterocycles. The van der Waals surface area contributed by atoms with Crippen molar-refractivity contribution in [3.05, 3.63) is 16.3 Å². The van der Waals surface area contributed by atoms with E-state index in [4.69, 9.17) is 14.7 Å². The van der Waals surface area contributed by atoms with Crippen molar-refractivity contribution >= 4 is 27.4 Å². The zero-order chi connectivity index (χ0) is 18.6. The number of aromatic nitrogens is 2. The van der Waals surface area contributed by atoms with E-state index in [-0.39, 0.29) is 0 Å². The predicted octanol–water partition coefficient (Wildman–Crippen LogP) is 4.39. The molecular formula is C21H32N4OS. The van der Waals surface area contributed by atoms with Gasteiger partial charge in [0.05, 0.1) is 18.0 Å². The number of nitrogens with one attached hydrogen (secondary N) is 1. The minimum absolute atomic E-state index is 0.298. The fourth-order valence-electron chi connectivity index (χ4n) is 4.15. The Kier molecular flexibility index (Phi) is 6.25. The number of rotatable bonds is 8. The van der Waals surface area contributed by atoms with Gasteiger partial charge in [-0.15, -0.1) is 11.3 Å². The third kappa shape index (κ3) is 4.61. The van der Waals surface area contributed by atoms with Gasteiger partial charge in [-0.1, -0.05) is 6.42 Å². The highest BCUT2D eigenvalue weighted by molar-refractivity contribution is 7.19. The average molecular weight is 389 g/mol. The largest absolute Gasteiger partial charge is 0.379 e. The zero-order valence-corrected chi connectivity index (χ0v) is 17.5. The van der Waals surface area contributed by atoms with Gasteiger partial charge in [0.25, 0.3) is 0 Å². The number of piperidine rings is 1. The first-order valence-electron chi connectivity index (χ1n) is 10.6. The first-order chi connectivity index (χ1) is 13.2. The van der Waals surface area contributed by atoms with Gasteiger partial charge in [0, 0.05) is 18.0 Å². The summed E-state index contributed by atoms with van der Waals surface area (Å²) < 4.78 is 5.67. The molecule has 0 spiro atoms. The van der Waals surface area contributed by atoms with Crippen molar-refractivity contribution in [2.45, 2.75) is 71.4 Å². The first-order valence-corrected chi connectivity index (χ1v) is 11.4. The van der Waals surface area contributed by atoms with Crippen molar-refractivity contribution in [3.63, 3.8) is 0 Å². The summed E-state index contributed by atoms with van der Waals surface area (Å²) in [6, 6.07) is 0. The lowest BCUT2D eigenvalue weighted by atomic mass is 10.1. The Morgan fingerprint density at radius 3 is 2.78 bits per heavy atom. The molecular weight excluding hydrogens is 356 g/mol. The van der Waals surface area contributed by atoms with Crippen LogP contribution in [0.4, 0.5) is 5.82 Å². The van der Waals surface area contributed by atoms with Crippen molar-refractivity contribution in [3.8, 4) is 0 Å². The molecule has 0 bridgehead atoms. The number of fused-ring (bicyclic) bond motifs is 3. The van der Waals surface area contributed by atoms with Crippen molar-refractivity contribution in [2.24, 2.45) is 0 Å². The molecule has 1 N–H and O–H groups in total. The Morgan fingerprint density at radius 2 is 1.96 bits per heavy atom. The van der Waals surface area contributed by atoms with E-state index in [1.165, 1.54) is 72.3 Å². The second kappa shape index (κ2) is 8.84. The van der Waals surface area contributed by atoms with Crippen LogP contribution in [0.15, 0.2) is 0 Å². The van der Waals surface area contributed by atoms with Crippen LogP contribution in [0.3, 0.4) is 0 Å². The minimum Gasteiger partial charge on any atom is -0.379 e. The van der Waals surface area contributed by atoms with Gasteiger partial charge in [-0.25, -0.2) is 9.97 Å². The quantitative estimate of drug-likeness (QED) is 0.680. The maximum absolute atomic E-state index is 5.67. The predicted molar refractivity (Wildman–Crippen MR) is 113 cm³/mol. The van der Waals surface area contributed by atoms with E-state index < -0.39 is 0 Å². The summed E-state index contributed by atoms with van der Waals surface area (Å²) in [6.45, 7) is 9.10. The Hall–Kier alpha value is -1.24. The van der Waals surface area contributed by atoms with Crippen LogP contribution in [0, 0.1) is 0 Å². The number of likely N-dealkylation sites (tertiary alicyclic amines) is 1. The Labute approximate surface area is 166 Å². The van der Waals surface area contributed by atoms with Crippen LogP contribution in [0.1, 0.15) is 62.2 Å². The molecule has 0 unspecified atom stereocenters. The number of ether oxygens (including phenoxy) is 1. The molecule has 1 aliphatic heterocycles. The lowest BCUT2D eigenvalue weighted by molar-refractivity contribution is 0.0787. The molecule has 2 aliphatic rings. The zero-order valence-electron chi connectivity index (χ0n) is 16.7. The van der Waals surface area contributed by atoms with E-state index in [0.717, 1.165) is 37.8 Å². The molecule has 0 atom stereocenters. The summed E-state index contributed by atoms with van der Waals surface area (Å²) in [5.41, 5.74) is 1.50. The van der Waals surface area contributed by atoms with Crippen molar-refractivity contribution in [2.75, 3.05) is 31.6 Å². The average Bonchev–Trinajstić information content (AvgIpc) is 3.22. The number of aryl methyl sites for hydroxylation is 2. The molecule has 148 valence electrons. The highest BCUT2D eigenvalue weighted by atomic mass is 32.1. The van der Waals surface area contributed by atoms with E-state index in [1.54, 1.807) is 0 Å². The minimum atomic E-state index is 0.298. The van der Waals surface area contributed by atoms with E-state index in [0.29, 0.717) is 6.10 Å². The Bertz CT molecular complexity index is 767. The molecule has 1 saturated heterocycles. The number of thiophene rings is 1. The molecule has 0 radical (unpaired) electrons. The van der Waals surface area contributed by atoms with Crippen molar-refractivity contribution in [1.29, 1.82) is 0 Å². The van der Waals surface area contributed by atoms with Gasteiger partial charge in [0.1, 0.15) is 16.5 Å². The highest BCUT2D eigenvalue weighted by Gasteiger charge is 2.23. The molecule has 1 fully saturated rings. The lowest BCUT2D eigenvalue weighted by Gasteiger charge is -2.25. The van der Waals surface area contributed by atoms with Crippen LogP contribution < -0.4 is 5.32 Å². The molecule has 2 aromatic rings. The molecule has 2 aromatic heterocycles. The summed E-state index contributed by atoms with van der Waals surface area (Å²) in [4.78, 5) is 15.2. The maximum Gasteiger partial charge on any atom is 0.146 e. The van der Waals surface area contributed by atoms with Crippen LogP contribution in [-0.4, -0.2) is 47.2 Å². The second-order valence-electron chi connectivity index (χ2n) is 8.06. The third-order valence-corrected chi connectivity index (χ3v) is 6.68. The summed E-state index contributed by atoms with van der Waals surface area (Å²) in [5.74, 6) is 2.03. The summed E-state index contributed by atoms with van der Waals surface area (Å²) in [7, 11) is 0. The molecule has 0 amide bonds. The normalized spacial score (nSPS) is 17.7. The van der Waals surface area contributed by atoms with Gasteiger partial charge >= 0.3 is 0 Å². The summed E-state index contributed by atoms with van der Waals surface area (Å²) in [5, 5.41) is 4.90. The molecule has 27 heavy (non-hydrogen) atoms. The molecule has 6 heteroatoms. The number of nitrogens with zero attached hydrogens (tertiary/aromatic N) is 3. The fourth-order valence-corrected chi connectivity index (χ4v) is 5.43. The molecule has 4 rings (SSSR count). The Morgan fingerprint density at radius 1 is 1.11 bits per heavy atom. The van der Waals surface area contributed by atoms with E-state index in [1.807, 2.05) is 11.3 Å². The smallest absolute Gasteiger partial charge is 0.146 e. The van der Waals surface area contributed by atoms with Gasteiger partial charge in [0.2, 0.25) is 0 Å². The van der Waals surface area contributed by atoms with Crippen LogP contribution in [-0.2, 0) is 24.1 Å². The number of anilines is 1. The van der Waals surface area contributed by atoms with Gasteiger partial charge in [-0.3, -0.25) is 4.90 Å². The van der Waals surface area contributed by atoms with Crippen LogP contribution in [0.25, 0.3) is 10.2 Å². The van der Waals surface area contributed by atoms with Gasteiger partial charge in [-0.2, -0.15) is 0 Å². The molecule has 1 aliphatic carbocycles. The highest BCUT2D eigenvalue weighted by Crippen LogP contribution is 2.39. The van der Waals surface area contributed by atoms with E-state index in [9.17, 15) is 0 Å². The van der Waals surface area contributed by atoms with E-state index >= 15 is 0 Å². The van der Waals surface area contributed by atoms with Gasteiger partial charge in [0.15, 0.2) is 0 Å². The van der Waals surface area contributed by atoms with Crippen molar-refractivity contribution < 1.29 is 4.74 Å². The SMILES string of the molecule is CC(C)OCCCNc1nc(CN2CCCCC2)nc2sc3c(c12)CCC3. The molecule has 5 nitrogen and oxygen atoms in total. The monoisotopic (exact) mass is 388 g/mol. The summed E-state index contributed by atoms with van der Waals surface area (Å²) in [6.07, 6.45) is 8.92. The first kappa shape index (κ1) is 19.1. The van der Waals surface area contributed by atoms with E-state index in [2.05, 4.69) is 24.1 Å². The van der Waals surface area contributed by atoms with Crippen molar-refractivity contribution in [1.82, 2.24) is 14.9 Å². The lowest BCUT2D eigenvalue weighted by Crippen LogP contribution is -2.30. The molecule has 0 aromatic carbocycles. The van der Waals surface area contributed by atoms with Crippen LogP contribution in [0.2, 0.25) is 0 Å². The van der Waals surface area contributed by atoms with Crippen LogP contribution in [0.5, 0.6) is 0 Å². The summed E-state index contributed by atoms with van der Waals surface area (Å²) >= 11 is 1.89. The Balaban J connectivity index is 1.52. The third-order valence-electron chi connectivity index (χ3n) is 5.49. The fraction of sp³-hybridized carbons (Fsp3) is 0.714. The van der Waals surface area contributed by atoms with Gasteiger partial charge in [-0.05, 0) is 71.0 Å².